The number of aliphatic hydroxyl groups is 1. The number of aliphatic carboxylic acids is 1. The lowest BCUT2D eigenvalue weighted by Crippen LogP contribution is -2.29. The molecule has 1 saturated heterocycles. The number of carboxylic acid groups (broad SMARTS) is 1. The van der Waals surface area contributed by atoms with Gasteiger partial charge in [-0.3, -0.25) is 4.79 Å². The van der Waals surface area contributed by atoms with Crippen molar-refractivity contribution in [1.82, 2.24) is 0 Å². The number of fused-ring (bicyclic) bond motifs is 2. The Morgan fingerprint density at radius 2 is 1.88 bits per heavy atom. The molecule has 25 heavy (non-hydrogen) atoms. The standard InChI is InChI=1S/C20H34O5/c1-2-3-6-9-15(21)12-13-17-16(18-14-19(17)25-24-18)10-7-4-5-8-11-20(22)23/h12-13,15-19,21H,2-11,14H2,1H3,(H,22,23)/t15-,16+,17+,18-,19+/m0/s1. The fourth-order valence-corrected chi connectivity index (χ4v) is 4.05. The van der Waals surface area contributed by atoms with Crippen LogP contribution >= 0.6 is 0 Å². The summed E-state index contributed by atoms with van der Waals surface area (Å²) in [4.78, 5) is 21.3. The van der Waals surface area contributed by atoms with Crippen molar-refractivity contribution in [3.8, 4) is 0 Å². The minimum Gasteiger partial charge on any atom is -0.481 e. The predicted molar refractivity (Wildman–Crippen MR) is 96.0 cm³/mol. The van der Waals surface area contributed by atoms with E-state index in [1.54, 1.807) is 0 Å². The zero-order chi connectivity index (χ0) is 18.1. The molecule has 2 N–H and O–H groups in total. The molecule has 1 aliphatic carbocycles. The lowest BCUT2D eigenvalue weighted by Gasteiger charge is -2.28. The first-order valence-corrected chi connectivity index (χ1v) is 10.0. The van der Waals surface area contributed by atoms with Gasteiger partial charge in [0, 0.05) is 18.8 Å². The zero-order valence-corrected chi connectivity index (χ0v) is 15.4. The predicted octanol–water partition coefficient (Wildman–Crippen LogP) is 4.24. The summed E-state index contributed by atoms with van der Waals surface area (Å²) in [6, 6.07) is 0. The largest absolute Gasteiger partial charge is 0.481 e. The Hall–Kier alpha value is -0.910. The summed E-state index contributed by atoms with van der Waals surface area (Å²) in [5, 5.41) is 18.8. The number of hydrogen-bond donors (Lipinski definition) is 2. The average molecular weight is 354 g/mol. The van der Waals surface area contributed by atoms with Gasteiger partial charge in [-0.05, 0) is 25.2 Å². The van der Waals surface area contributed by atoms with Crippen molar-refractivity contribution in [3.63, 3.8) is 0 Å². The molecule has 0 spiro atoms. The molecule has 1 aliphatic heterocycles. The second-order valence-electron chi connectivity index (χ2n) is 7.54. The molecule has 144 valence electrons. The number of aliphatic hydroxyl groups excluding tert-OH is 1. The van der Waals surface area contributed by atoms with Crippen molar-refractivity contribution in [3.05, 3.63) is 12.2 Å². The van der Waals surface area contributed by atoms with E-state index in [9.17, 15) is 9.90 Å². The van der Waals surface area contributed by atoms with E-state index in [1.807, 2.05) is 6.08 Å². The minimum absolute atomic E-state index is 0.126. The molecule has 2 fully saturated rings. The lowest BCUT2D eigenvalue weighted by atomic mass is 9.87. The Balaban J connectivity index is 1.71. The van der Waals surface area contributed by atoms with Crippen molar-refractivity contribution in [1.29, 1.82) is 0 Å². The highest BCUT2D eigenvalue weighted by molar-refractivity contribution is 5.66. The SMILES string of the molecule is CCCCC[C@H](O)C=C[C@@H]1[C@@H](CCCCCCC(=O)O)[C@@H]2C[C@H]1OO2. The van der Waals surface area contributed by atoms with Gasteiger partial charge in [-0.2, -0.15) is 0 Å². The molecule has 0 aromatic rings. The fourth-order valence-electron chi connectivity index (χ4n) is 4.05. The van der Waals surface area contributed by atoms with Gasteiger partial charge >= 0.3 is 5.97 Å². The van der Waals surface area contributed by atoms with Crippen molar-refractivity contribution >= 4 is 5.97 Å². The lowest BCUT2D eigenvalue weighted by molar-refractivity contribution is -0.337. The Labute approximate surface area is 151 Å². The molecule has 0 aromatic carbocycles. The second kappa shape index (κ2) is 10.9. The quantitative estimate of drug-likeness (QED) is 0.294. The van der Waals surface area contributed by atoms with Crippen LogP contribution in [0.5, 0.6) is 0 Å². The van der Waals surface area contributed by atoms with Crippen LogP contribution in [0.15, 0.2) is 12.2 Å². The molecule has 0 aromatic heterocycles. The van der Waals surface area contributed by atoms with Crippen molar-refractivity contribution in [2.75, 3.05) is 0 Å². The van der Waals surface area contributed by atoms with Crippen LogP contribution in [-0.4, -0.2) is 34.5 Å². The highest BCUT2D eigenvalue weighted by Crippen LogP contribution is 2.45. The van der Waals surface area contributed by atoms with Gasteiger partial charge < -0.3 is 10.2 Å². The van der Waals surface area contributed by atoms with E-state index in [0.29, 0.717) is 11.8 Å². The van der Waals surface area contributed by atoms with Crippen LogP contribution in [0.2, 0.25) is 0 Å². The molecule has 2 bridgehead atoms. The van der Waals surface area contributed by atoms with E-state index in [4.69, 9.17) is 14.9 Å². The first kappa shape index (κ1) is 20.4. The topological polar surface area (TPSA) is 76.0 Å². The number of hydrogen-bond acceptors (Lipinski definition) is 4. The van der Waals surface area contributed by atoms with E-state index in [2.05, 4.69) is 13.0 Å². The third kappa shape index (κ3) is 6.72. The monoisotopic (exact) mass is 354 g/mol. The number of rotatable bonds is 13. The van der Waals surface area contributed by atoms with Crippen LogP contribution in [0.4, 0.5) is 0 Å². The number of carbonyl (C=O) groups is 1. The summed E-state index contributed by atoms with van der Waals surface area (Å²) in [5.74, 6) is 0.0808. The second-order valence-corrected chi connectivity index (χ2v) is 7.54. The Morgan fingerprint density at radius 1 is 1.12 bits per heavy atom. The molecular weight excluding hydrogens is 320 g/mol. The van der Waals surface area contributed by atoms with E-state index >= 15 is 0 Å². The molecule has 5 atom stereocenters. The molecule has 0 radical (unpaired) electrons. The maximum Gasteiger partial charge on any atom is 0.303 e. The molecule has 1 heterocycles. The van der Waals surface area contributed by atoms with Crippen LogP contribution in [-0.2, 0) is 14.6 Å². The summed E-state index contributed by atoms with van der Waals surface area (Å²) in [6.07, 6.45) is 14.5. The Bertz CT molecular complexity index is 422. The van der Waals surface area contributed by atoms with Gasteiger partial charge in [-0.1, -0.05) is 57.6 Å². The van der Waals surface area contributed by atoms with Gasteiger partial charge in [-0.25, -0.2) is 9.78 Å². The van der Waals surface area contributed by atoms with Gasteiger partial charge in [0.2, 0.25) is 0 Å². The summed E-state index contributed by atoms with van der Waals surface area (Å²) >= 11 is 0. The normalized spacial score (nSPS) is 29.5. The maximum atomic E-state index is 10.5. The molecule has 0 amide bonds. The molecule has 5 nitrogen and oxygen atoms in total. The van der Waals surface area contributed by atoms with Crippen LogP contribution in [0.3, 0.4) is 0 Å². The first-order chi connectivity index (χ1) is 12.1. The average Bonchev–Trinajstić information content (AvgIpc) is 3.17. The number of unbranched alkanes of at least 4 members (excludes halogenated alkanes) is 5. The minimum atomic E-state index is -0.707. The summed E-state index contributed by atoms with van der Waals surface area (Å²) in [5.41, 5.74) is 0. The zero-order valence-electron chi connectivity index (χ0n) is 15.4. The molecule has 0 unspecified atom stereocenters. The van der Waals surface area contributed by atoms with Crippen LogP contribution in [0.1, 0.15) is 77.6 Å². The van der Waals surface area contributed by atoms with Gasteiger partial charge in [-0.15, -0.1) is 0 Å². The van der Waals surface area contributed by atoms with Crippen LogP contribution in [0.25, 0.3) is 0 Å². The summed E-state index contributed by atoms with van der Waals surface area (Å²) in [6.45, 7) is 2.17. The highest BCUT2D eigenvalue weighted by atomic mass is 17.2. The van der Waals surface area contributed by atoms with Gasteiger partial charge in [0.15, 0.2) is 0 Å². The van der Waals surface area contributed by atoms with E-state index in [0.717, 1.165) is 51.4 Å². The molecular formula is C20H34O5. The van der Waals surface area contributed by atoms with Crippen molar-refractivity contribution in [2.24, 2.45) is 11.8 Å². The Kier molecular flexibility index (Phi) is 8.93. The summed E-state index contributed by atoms with van der Waals surface area (Å²) in [7, 11) is 0. The smallest absolute Gasteiger partial charge is 0.303 e. The van der Waals surface area contributed by atoms with E-state index in [-0.39, 0.29) is 24.7 Å². The van der Waals surface area contributed by atoms with Crippen molar-refractivity contribution < 1.29 is 24.8 Å². The Morgan fingerprint density at radius 3 is 2.64 bits per heavy atom. The fraction of sp³-hybridized carbons (Fsp3) is 0.850. The third-order valence-electron chi connectivity index (χ3n) is 5.51. The third-order valence-corrected chi connectivity index (χ3v) is 5.51. The molecule has 2 rings (SSSR count). The molecule has 2 aliphatic rings. The number of carboxylic acids is 1. The maximum absolute atomic E-state index is 10.5. The highest BCUT2D eigenvalue weighted by Gasteiger charge is 2.49. The van der Waals surface area contributed by atoms with E-state index in [1.165, 1.54) is 12.8 Å². The van der Waals surface area contributed by atoms with Crippen LogP contribution in [0, 0.1) is 11.8 Å². The van der Waals surface area contributed by atoms with Gasteiger partial charge in [0.05, 0.1) is 12.2 Å². The molecule has 1 saturated carbocycles. The van der Waals surface area contributed by atoms with Gasteiger partial charge in [0.25, 0.3) is 0 Å². The van der Waals surface area contributed by atoms with Crippen LogP contribution < -0.4 is 0 Å². The first-order valence-electron chi connectivity index (χ1n) is 10.0. The summed E-state index contributed by atoms with van der Waals surface area (Å²) < 4.78 is 0. The molecule has 5 heteroatoms. The van der Waals surface area contributed by atoms with Crippen molar-refractivity contribution in [2.45, 2.75) is 95.9 Å². The van der Waals surface area contributed by atoms with E-state index < -0.39 is 5.97 Å². The van der Waals surface area contributed by atoms with Gasteiger partial charge in [0.1, 0.15) is 6.10 Å².